The molecule has 0 fully saturated rings. The van der Waals surface area contributed by atoms with Gasteiger partial charge in [-0.25, -0.2) is 9.59 Å². The molecular formula is C25H24O4. The van der Waals surface area contributed by atoms with Crippen molar-refractivity contribution in [3.8, 4) is 22.6 Å². The molecule has 4 heteroatoms. The lowest BCUT2D eigenvalue weighted by atomic mass is 9.97. The third kappa shape index (κ3) is 5.20. The Labute approximate surface area is 171 Å². The van der Waals surface area contributed by atoms with Crippen LogP contribution in [0.3, 0.4) is 0 Å². The molecule has 2 aromatic carbocycles. The first-order valence-corrected chi connectivity index (χ1v) is 8.96. The number of carbonyl (C=O) groups excluding carboxylic acids is 2. The van der Waals surface area contributed by atoms with Crippen LogP contribution in [0.1, 0.15) is 31.9 Å². The van der Waals surface area contributed by atoms with Gasteiger partial charge in [-0.2, -0.15) is 0 Å². The summed E-state index contributed by atoms with van der Waals surface area (Å²) in [4.78, 5) is 23.7. The molecule has 2 rings (SSSR count). The van der Waals surface area contributed by atoms with Crippen LogP contribution in [-0.2, 0) is 9.59 Å². The summed E-state index contributed by atoms with van der Waals surface area (Å²) in [5.74, 6) is -0.152. The Morgan fingerprint density at radius 3 is 1.76 bits per heavy atom. The van der Waals surface area contributed by atoms with Gasteiger partial charge in [0.15, 0.2) is 0 Å². The van der Waals surface area contributed by atoms with Crippen LogP contribution in [0.2, 0.25) is 0 Å². The molecule has 0 aromatic heterocycles. The number of esters is 2. The van der Waals surface area contributed by atoms with Gasteiger partial charge in [0, 0.05) is 22.3 Å². The van der Waals surface area contributed by atoms with Gasteiger partial charge < -0.3 is 9.47 Å². The second-order valence-electron chi connectivity index (χ2n) is 6.79. The average molecular weight is 388 g/mol. The van der Waals surface area contributed by atoms with Crippen molar-refractivity contribution < 1.29 is 19.1 Å². The Hall–Kier alpha value is -3.66. The predicted octanol–water partition coefficient (Wildman–Crippen LogP) is 5.99. The molecule has 0 spiro atoms. The maximum Gasteiger partial charge on any atom is 0.338 e. The third-order valence-corrected chi connectivity index (χ3v) is 4.10. The molecule has 0 saturated heterocycles. The molecule has 4 nitrogen and oxygen atoms in total. The zero-order chi connectivity index (χ0) is 21.7. The Morgan fingerprint density at radius 1 is 0.793 bits per heavy atom. The van der Waals surface area contributed by atoms with Crippen molar-refractivity contribution >= 4 is 23.6 Å². The highest BCUT2D eigenvalue weighted by molar-refractivity contribution is 5.90. The van der Waals surface area contributed by atoms with Crippen LogP contribution in [0.5, 0.6) is 11.5 Å². The summed E-state index contributed by atoms with van der Waals surface area (Å²) in [5, 5.41) is 0. The van der Waals surface area contributed by atoms with Crippen molar-refractivity contribution in [1.82, 2.24) is 0 Å². The molecule has 0 bridgehead atoms. The number of benzene rings is 2. The number of ether oxygens (including phenoxy) is 2. The van der Waals surface area contributed by atoms with Crippen molar-refractivity contribution in [3.63, 3.8) is 0 Å². The third-order valence-electron chi connectivity index (χ3n) is 4.10. The van der Waals surface area contributed by atoms with Gasteiger partial charge in [0.1, 0.15) is 11.5 Å². The molecule has 0 atom stereocenters. The van der Waals surface area contributed by atoms with Crippen LogP contribution >= 0.6 is 0 Å². The Bertz CT molecular complexity index is 1040. The first kappa shape index (κ1) is 21.6. The number of rotatable bonds is 7. The van der Waals surface area contributed by atoms with Crippen LogP contribution in [0.15, 0.2) is 73.9 Å². The van der Waals surface area contributed by atoms with E-state index < -0.39 is 11.9 Å². The molecule has 0 aliphatic rings. The van der Waals surface area contributed by atoms with Gasteiger partial charge in [0.2, 0.25) is 0 Å². The summed E-state index contributed by atoms with van der Waals surface area (Å²) in [6.07, 6.45) is 1.62. The SMILES string of the molecule is C=Cc1cc(-c2ccc(OC(=O)C(=C)C)c(C(=C)C)c2)ccc1OC(=O)C(=C)C. The van der Waals surface area contributed by atoms with Crippen LogP contribution < -0.4 is 9.47 Å². The Kier molecular flexibility index (Phi) is 6.73. The van der Waals surface area contributed by atoms with Crippen LogP contribution in [0.25, 0.3) is 22.8 Å². The van der Waals surface area contributed by atoms with Crippen LogP contribution in [-0.4, -0.2) is 11.9 Å². The van der Waals surface area contributed by atoms with Crippen molar-refractivity contribution in [2.24, 2.45) is 0 Å². The van der Waals surface area contributed by atoms with E-state index in [-0.39, 0.29) is 0 Å². The predicted molar refractivity (Wildman–Crippen MR) is 118 cm³/mol. The molecule has 0 aliphatic heterocycles. The first-order chi connectivity index (χ1) is 13.6. The van der Waals surface area contributed by atoms with Crippen LogP contribution in [0, 0.1) is 0 Å². The molecule has 29 heavy (non-hydrogen) atoms. The topological polar surface area (TPSA) is 52.6 Å². The molecule has 2 aromatic rings. The molecule has 0 amide bonds. The maximum absolute atomic E-state index is 11.9. The monoisotopic (exact) mass is 388 g/mol. The van der Waals surface area contributed by atoms with E-state index in [1.165, 1.54) is 0 Å². The average Bonchev–Trinajstić information content (AvgIpc) is 2.68. The zero-order valence-electron chi connectivity index (χ0n) is 17.0. The van der Waals surface area contributed by atoms with E-state index in [0.717, 1.165) is 22.3 Å². The van der Waals surface area contributed by atoms with E-state index in [4.69, 9.17) is 9.47 Å². The van der Waals surface area contributed by atoms with Crippen molar-refractivity contribution in [3.05, 3.63) is 85.0 Å². The highest BCUT2D eigenvalue weighted by Gasteiger charge is 2.14. The lowest BCUT2D eigenvalue weighted by Crippen LogP contribution is -2.09. The largest absolute Gasteiger partial charge is 0.423 e. The fourth-order valence-corrected chi connectivity index (χ4v) is 2.49. The van der Waals surface area contributed by atoms with E-state index in [1.807, 2.05) is 31.2 Å². The van der Waals surface area contributed by atoms with Gasteiger partial charge in [-0.15, -0.1) is 0 Å². The van der Waals surface area contributed by atoms with Gasteiger partial charge in [-0.1, -0.05) is 44.5 Å². The molecule has 0 unspecified atom stereocenters. The van der Waals surface area contributed by atoms with Gasteiger partial charge >= 0.3 is 11.9 Å². The standard InChI is InChI=1S/C25H24O4/c1-8-18-13-19(9-11-22(18)28-24(26)16(4)5)20-10-12-23(21(14-20)15(2)3)29-25(27)17(6)7/h8-14H,1-2,4,6H2,3,5,7H3. The number of carbonyl (C=O) groups is 2. The molecule has 0 saturated carbocycles. The molecule has 0 radical (unpaired) electrons. The summed E-state index contributed by atoms with van der Waals surface area (Å²) in [7, 11) is 0. The summed E-state index contributed by atoms with van der Waals surface area (Å²) < 4.78 is 10.8. The van der Waals surface area contributed by atoms with Gasteiger partial charge in [0.05, 0.1) is 0 Å². The van der Waals surface area contributed by atoms with E-state index in [2.05, 4.69) is 26.3 Å². The highest BCUT2D eigenvalue weighted by atomic mass is 16.5. The van der Waals surface area contributed by atoms with Gasteiger partial charge in [-0.05, 0) is 61.7 Å². The zero-order valence-corrected chi connectivity index (χ0v) is 17.0. The Balaban J connectivity index is 2.45. The smallest absolute Gasteiger partial charge is 0.338 e. The molecular weight excluding hydrogens is 364 g/mol. The summed E-state index contributed by atoms with van der Waals surface area (Å²) in [6.45, 7) is 20.0. The summed E-state index contributed by atoms with van der Waals surface area (Å²) in [5.41, 5.74) is 4.55. The normalized spacial score (nSPS) is 10.0. The maximum atomic E-state index is 11.9. The second kappa shape index (κ2) is 9.02. The van der Waals surface area contributed by atoms with Gasteiger partial charge in [-0.3, -0.25) is 0 Å². The fraction of sp³-hybridized carbons (Fsp3) is 0.120. The van der Waals surface area contributed by atoms with E-state index >= 15 is 0 Å². The molecule has 0 N–H and O–H groups in total. The van der Waals surface area contributed by atoms with Crippen molar-refractivity contribution in [2.75, 3.05) is 0 Å². The fourth-order valence-electron chi connectivity index (χ4n) is 2.49. The molecule has 148 valence electrons. The quantitative estimate of drug-likeness (QED) is 0.332. The lowest BCUT2D eigenvalue weighted by molar-refractivity contribution is -0.130. The van der Waals surface area contributed by atoms with E-state index in [0.29, 0.717) is 28.2 Å². The molecule has 0 heterocycles. The first-order valence-electron chi connectivity index (χ1n) is 8.96. The lowest BCUT2D eigenvalue weighted by Gasteiger charge is -2.14. The van der Waals surface area contributed by atoms with E-state index in [9.17, 15) is 9.59 Å². The number of allylic oxidation sites excluding steroid dienone is 1. The summed E-state index contributed by atoms with van der Waals surface area (Å²) in [6, 6.07) is 10.9. The second-order valence-corrected chi connectivity index (χ2v) is 6.79. The minimum absolute atomic E-state index is 0.315. The Morgan fingerprint density at radius 2 is 1.28 bits per heavy atom. The summed E-state index contributed by atoms with van der Waals surface area (Å²) >= 11 is 0. The van der Waals surface area contributed by atoms with Crippen molar-refractivity contribution in [1.29, 1.82) is 0 Å². The van der Waals surface area contributed by atoms with Crippen molar-refractivity contribution in [2.45, 2.75) is 20.8 Å². The highest BCUT2D eigenvalue weighted by Crippen LogP contribution is 2.33. The molecule has 0 aliphatic carbocycles. The number of hydrogen-bond donors (Lipinski definition) is 0. The van der Waals surface area contributed by atoms with Gasteiger partial charge in [0.25, 0.3) is 0 Å². The van der Waals surface area contributed by atoms with Crippen LogP contribution in [0.4, 0.5) is 0 Å². The van der Waals surface area contributed by atoms with E-state index in [1.54, 1.807) is 32.1 Å². The minimum Gasteiger partial charge on any atom is -0.423 e. The minimum atomic E-state index is -0.492. The number of hydrogen-bond acceptors (Lipinski definition) is 4.